The average molecular weight is 267 g/mol. The van der Waals surface area contributed by atoms with E-state index in [2.05, 4.69) is 40.7 Å². The van der Waals surface area contributed by atoms with Gasteiger partial charge in [0.2, 0.25) is 0 Å². The van der Waals surface area contributed by atoms with Crippen molar-refractivity contribution >= 4 is 11.0 Å². The monoisotopic (exact) mass is 267 g/mol. The predicted octanol–water partition coefficient (Wildman–Crippen LogP) is 4.24. The molecular weight excluding hydrogens is 246 g/mol. The van der Waals surface area contributed by atoms with E-state index in [4.69, 9.17) is 5.26 Å². The van der Waals surface area contributed by atoms with Gasteiger partial charge in [-0.05, 0) is 30.9 Å². The van der Waals surface area contributed by atoms with Crippen LogP contribution in [0.2, 0.25) is 0 Å². The molecule has 20 heavy (non-hydrogen) atoms. The molecule has 2 atom stereocenters. The normalized spacial score (nSPS) is 22.8. The van der Waals surface area contributed by atoms with Crippen molar-refractivity contribution in [3.05, 3.63) is 30.1 Å². The molecule has 0 saturated heterocycles. The topological polar surface area (TPSA) is 41.6 Å². The van der Waals surface area contributed by atoms with Gasteiger partial charge in [-0.3, -0.25) is 0 Å². The molecule has 1 saturated carbocycles. The lowest BCUT2D eigenvalue weighted by atomic mass is 9.82. The lowest BCUT2D eigenvalue weighted by Crippen LogP contribution is -2.24. The summed E-state index contributed by atoms with van der Waals surface area (Å²) in [6.45, 7) is 2.28. The zero-order valence-electron chi connectivity index (χ0n) is 12.0. The van der Waals surface area contributed by atoms with Crippen molar-refractivity contribution in [2.75, 3.05) is 0 Å². The van der Waals surface area contributed by atoms with Gasteiger partial charge in [0.15, 0.2) is 0 Å². The zero-order chi connectivity index (χ0) is 13.9. The summed E-state index contributed by atoms with van der Waals surface area (Å²) in [4.78, 5) is 4.69. The molecule has 3 rings (SSSR count). The van der Waals surface area contributed by atoms with Crippen molar-refractivity contribution in [2.24, 2.45) is 5.92 Å². The highest BCUT2D eigenvalue weighted by Crippen LogP contribution is 2.38. The number of hydrogen-bond donors (Lipinski definition) is 0. The highest BCUT2D eigenvalue weighted by atomic mass is 15.1. The zero-order valence-corrected chi connectivity index (χ0v) is 12.0. The van der Waals surface area contributed by atoms with E-state index in [9.17, 15) is 0 Å². The van der Waals surface area contributed by atoms with Crippen LogP contribution in [0.3, 0.4) is 0 Å². The fourth-order valence-electron chi connectivity index (χ4n) is 3.66. The number of hydrogen-bond acceptors (Lipinski definition) is 2. The highest BCUT2D eigenvalue weighted by molar-refractivity contribution is 5.76. The fraction of sp³-hybridized carbons (Fsp3) is 0.529. The number of nitriles is 1. The van der Waals surface area contributed by atoms with Crippen LogP contribution in [0.25, 0.3) is 11.0 Å². The molecule has 0 N–H and O–H groups in total. The summed E-state index contributed by atoms with van der Waals surface area (Å²) in [6.07, 6.45) is 6.77. The van der Waals surface area contributed by atoms with Crippen molar-refractivity contribution < 1.29 is 0 Å². The first-order valence-corrected chi connectivity index (χ1v) is 7.68. The maximum atomic E-state index is 9.09. The Balaban J connectivity index is 2.12. The molecule has 1 aliphatic carbocycles. The molecule has 1 aliphatic rings. The van der Waals surface area contributed by atoms with E-state index in [1.54, 1.807) is 0 Å². The lowest BCUT2D eigenvalue weighted by molar-refractivity contribution is 0.233. The summed E-state index contributed by atoms with van der Waals surface area (Å²) < 4.78 is 2.37. The van der Waals surface area contributed by atoms with E-state index in [1.165, 1.54) is 37.6 Å². The van der Waals surface area contributed by atoms with Gasteiger partial charge >= 0.3 is 0 Å². The summed E-state index contributed by atoms with van der Waals surface area (Å²) in [7, 11) is 0. The Morgan fingerprint density at radius 2 is 2.10 bits per heavy atom. The minimum absolute atomic E-state index is 0.404. The van der Waals surface area contributed by atoms with E-state index in [-0.39, 0.29) is 0 Å². The van der Waals surface area contributed by atoms with E-state index < -0.39 is 0 Å². The molecule has 3 nitrogen and oxygen atoms in total. The maximum absolute atomic E-state index is 9.09. The Hall–Kier alpha value is -1.82. The molecule has 3 heteroatoms. The average Bonchev–Trinajstić information content (AvgIpc) is 2.85. The molecule has 0 amide bonds. The third-order valence-corrected chi connectivity index (χ3v) is 4.63. The molecule has 0 bridgehead atoms. The molecule has 1 aromatic carbocycles. The predicted molar refractivity (Wildman–Crippen MR) is 80.3 cm³/mol. The number of nitrogens with zero attached hydrogens (tertiary/aromatic N) is 3. The van der Waals surface area contributed by atoms with Crippen LogP contribution >= 0.6 is 0 Å². The summed E-state index contributed by atoms with van der Waals surface area (Å²) in [6, 6.07) is 11.1. The first-order chi connectivity index (χ1) is 9.85. The number of imidazole rings is 1. The Bertz CT molecular complexity index is 635. The van der Waals surface area contributed by atoms with Gasteiger partial charge in [-0.15, -0.1) is 0 Å². The minimum Gasteiger partial charge on any atom is -0.324 e. The molecule has 1 aromatic heterocycles. The van der Waals surface area contributed by atoms with Gasteiger partial charge in [0.25, 0.3) is 0 Å². The standard InChI is InChI=1S/C17H21N3/c1-2-13-7-3-5-9-15(13)20-16-10-6-4-8-14(16)19-17(20)11-12-18/h4,6,8,10,13,15H,2-3,5,7,9,11H2,1H3. The minimum atomic E-state index is 0.404. The molecule has 104 valence electrons. The molecule has 0 aliphatic heterocycles. The van der Waals surface area contributed by atoms with Gasteiger partial charge in [0.1, 0.15) is 5.82 Å². The molecule has 2 unspecified atom stereocenters. The fourth-order valence-corrected chi connectivity index (χ4v) is 3.66. The first kappa shape index (κ1) is 13.2. The van der Waals surface area contributed by atoms with Gasteiger partial charge in [0.05, 0.1) is 23.5 Å². The number of rotatable bonds is 3. The van der Waals surface area contributed by atoms with Crippen LogP contribution < -0.4 is 0 Å². The maximum Gasteiger partial charge on any atom is 0.124 e. The number of aromatic nitrogens is 2. The smallest absolute Gasteiger partial charge is 0.124 e. The van der Waals surface area contributed by atoms with Gasteiger partial charge in [-0.1, -0.05) is 38.3 Å². The molecular formula is C17H21N3. The summed E-state index contributed by atoms with van der Waals surface area (Å²) in [5.74, 6) is 1.66. The quantitative estimate of drug-likeness (QED) is 0.834. The first-order valence-electron chi connectivity index (χ1n) is 7.68. The third kappa shape index (κ3) is 2.20. The molecule has 1 fully saturated rings. The highest BCUT2D eigenvalue weighted by Gasteiger charge is 2.28. The van der Waals surface area contributed by atoms with E-state index in [0.29, 0.717) is 12.5 Å². The van der Waals surface area contributed by atoms with Crippen molar-refractivity contribution in [2.45, 2.75) is 51.5 Å². The van der Waals surface area contributed by atoms with Crippen LogP contribution in [0, 0.1) is 17.2 Å². The third-order valence-electron chi connectivity index (χ3n) is 4.63. The van der Waals surface area contributed by atoms with E-state index >= 15 is 0 Å². The Labute approximate surface area is 120 Å². The Morgan fingerprint density at radius 3 is 2.90 bits per heavy atom. The van der Waals surface area contributed by atoms with Crippen molar-refractivity contribution in [1.82, 2.24) is 9.55 Å². The second-order valence-electron chi connectivity index (χ2n) is 5.74. The van der Waals surface area contributed by atoms with Crippen LogP contribution in [0.15, 0.2) is 24.3 Å². The van der Waals surface area contributed by atoms with Crippen molar-refractivity contribution in [3.63, 3.8) is 0 Å². The van der Waals surface area contributed by atoms with Gasteiger partial charge in [-0.25, -0.2) is 4.98 Å². The largest absolute Gasteiger partial charge is 0.324 e. The van der Waals surface area contributed by atoms with Crippen LogP contribution in [-0.4, -0.2) is 9.55 Å². The van der Waals surface area contributed by atoms with Gasteiger partial charge < -0.3 is 4.57 Å². The van der Waals surface area contributed by atoms with Crippen molar-refractivity contribution in [1.29, 1.82) is 5.26 Å². The summed E-state index contributed by atoms with van der Waals surface area (Å²) >= 11 is 0. The van der Waals surface area contributed by atoms with Crippen LogP contribution in [0.1, 0.15) is 50.9 Å². The second kappa shape index (κ2) is 5.66. The van der Waals surface area contributed by atoms with Gasteiger partial charge in [-0.2, -0.15) is 5.26 Å². The molecule has 1 heterocycles. The Kier molecular flexibility index (Phi) is 3.73. The van der Waals surface area contributed by atoms with Crippen LogP contribution in [0.5, 0.6) is 0 Å². The van der Waals surface area contributed by atoms with Crippen LogP contribution in [0.4, 0.5) is 0 Å². The van der Waals surface area contributed by atoms with Crippen LogP contribution in [-0.2, 0) is 6.42 Å². The van der Waals surface area contributed by atoms with E-state index in [1.807, 2.05) is 6.07 Å². The van der Waals surface area contributed by atoms with Crippen molar-refractivity contribution in [3.8, 4) is 6.07 Å². The number of fused-ring (bicyclic) bond motifs is 1. The summed E-state index contributed by atoms with van der Waals surface area (Å²) in [5, 5.41) is 9.09. The number of para-hydroxylation sites is 2. The lowest BCUT2D eigenvalue weighted by Gasteiger charge is -2.33. The number of benzene rings is 1. The second-order valence-corrected chi connectivity index (χ2v) is 5.74. The Morgan fingerprint density at radius 1 is 1.30 bits per heavy atom. The molecule has 2 aromatic rings. The molecule has 0 spiro atoms. The SMILES string of the molecule is CCC1CCCCC1n1c(CC#N)nc2ccccc21. The molecule has 0 radical (unpaired) electrons. The summed E-state index contributed by atoms with van der Waals surface area (Å²) in [5.41, 5.74) is 2.22. The van der Waals surface area contributed by atoms with Gasteiger partial charge in [0, 0.05) is 6.04 Å². The van der Waals surface area contributed by atoms with E-state index in [0.717, 1.165) is 17.3 Å².